The summed E-state index contributed by atoms with van der Waals surface area (Å²) in [6, 6.07) is 8.22. The highest BCUT2D eigenvalue weighted by atomic mass is 15.2. The molecule has 90 valence electrons. The van der Waals surface area contributed by atoms with Crippen LogP contribution in [0.25, 0.3) is 11.4 Å². The fraction of sp³-hybridized carbons (Fsp3) is 0.385. The Morgan fingerprint density at radius 1 is 1.29 bits per heavy atom. The van der Waals surface area contributed by atoms with Crippen molar-refractivity contribution in [2.45, 2.75) is 20.3 Å². The lowest BCUT2D eigenvalue weighted by Crippen LogP contribution is -2.09. The lowest BCUT2D eigenvalue weighted by Gasteiger charge is -2.11. The molecular formula is C13H18N4. The van der Waals surface area contributed by atoms with Crippen molar-refractivity contribution >= 4 is 5.69 Å². The van der Waals surface area contributed by atoms with Crippen LogP contribution in [-0.4, -0.2) is 21.7 Å². The minimum absolute atomic E-state index is 0.698. The molecule has 0 radical (unpaired) electrons. The maximum absolute atomic E-state index is 4.12. The van der Waals surface area contributed by atoms with Crippen LogP contribution in [0.4, 0.5) is 5.69 Å². The molecule has 1 atom stereocenters. The standard InChI is InChI=1S/C13H18N4/c1-3-10(2)8-14-12-6-4-11(5-7-12)13-15-9-16-17-13/h4-7,9-10,14H,3,8H2,1-2H3,(H,15,16,17). The van der Waals surface area contributed by atoms with Gasteiger partial charge in [-0.15, -0.1) is 0 Å². The van der Waals surface area contributed by atoms with Crippen LogP contribution in [0.5, 0.6) is 0 Å². The zero-order valence-electron chi connectivity index (χ0n) is 10.3. The second-order valence-electron chi connectivity index (χ2n) is 4.31. The first-order valence-corrected chi connectivity index (χ1v) is 5.99. The molecular weight excluding hydrogens is 212 g/mol. The number of nitrogens with zero attached hydrogens (tertiary/aromatic N) is 2. The maximum atomic E-state index is 4.12. The molecule has 1 aromatic carbocycles. The molecule has 4 heteroatoms. The summed E-state index contributed by atoms with van der Waals surface area (Å²) < 4.78 is 0. The van der Waals surface area contributed by atoms with Crippen LogP contribution in [0, 0.1) is 5.92 Å². The van der Waals surface area contributed by atoms with Gasteiger partial charge in [-0.2, -0.15) is 5.10 Å². The summed E-state index contributed by atoms with van der Waals surface area (Å²) >= 11 is 0. The van der Waals surface area contributed by atoms with Gasteiger partial charge in [-0.1, -0.05) is 20.3 Å². The van der Waals surface area contributed by atoms with Crippen LogP contribution in [0.3, 0.4) is 0 Å². The molecule has 0 bridgehead atoms. The number of rotatable bonds is 5. The first-order valence-electron chi connectivity index (χ1n) is 5.99. The molecule has 1 unspecified atom stereocenters. The van der Waals surface area contributed by atoms with E-state index in [9.17, 15) is 0 Å². The molecule has 1 aromatic heterocycles. The Morgan fingerprint density at radius 2 is 2.06 bits per heavy atom. The molecule has 17 heavy (non-hydrogen) atoms. The molecule has 0 saturated heterocycles. The Kier molecular flexibility index (Phi) is 3.75. The number of benzene rings is 1. The van der Waals surface area contributed by atoms with E-state index in [1.54, 1.807) is 0 Å². The van der Waals surface area contributed by atoms with E-state index in [-0.39, 0.29) is 0 Å². The number of aromatic amines is 1. The first-order chi connectivity index (χ1) is 8.29. The third-order valence-electron chi connectivity index (χ3n) is 2.92. The number of nitrogens with one attached hydrogen (secondary N) is 2. The number of hydrogen-bond acceptors (Lipinski definition) is 3. The van der Waals surface area contributed by atoms with Crippen LogP contribution in [-0.2, 0) is 0 Å². The Hall–Kier alpha value is -1.84. The summed E-state index contributed by atoms with van der Waals surface area (Å²) in [5.41, 5.74) is 2.20. The third kappa shape index (κ3) is 3.06. The summed E-state index contributed by atoms with van der Waals surface area (Å²) in [6.45, 7) is 5.47. The molecule has 0 aliphatic rings. The highest BCUT2D eigenvalue weighted by Crippen LogP contribution is 2.17. The van der Waals surface area contributed by atoms with Crippen molar-refractivity contribution in [2.75, 3.05) is 11.9 Å². The predicted molar refractivity (Wildman–Crippen MR) is 69.8 cm³/mol. The van der Waals surface area contributed by atoms with Gasteiger partial charge < -0.3 is 5.32 Å². The minimum atomic E-state index is 0.698. The van der Waals surface area contributed by atoms with E-state index in [4.69, 9.17) is 0 Å². The van der Waals surface area contributed by atoms with Crippen molar-refractivity contribution in [1.82, 2.24) is 15.2 Å². The van der Waals surface area contributed by atoms with E-state index < -0.39 is 0 Å². The molecule has 0 fully saturated rings. The quantitative estimate of drug-likeness (QED) is 0.830. The van der Waals surface area contributed by atoms with Gasteiger partial charge in [0.2, 0.25) is 0 Å². The SMILES string of the molecule is CCC(C)CNc1ccc(-c2ncn[nH]2)cc1. The minimum Gasteiger partial charge on any atom is -0.385 e. The number of hydrogen-bond donors (Lipinski definition) is 2. The average molecular weight is 230 g/mol. The fourth-order valence-electron chi connectivity index (χ4n) is 1.53. The molecule has 4 nitrogen and oxygen atoms in total. The van der Waals surface area contributed by atoms with E-state index in [2.05, 4.69) is 46.5 Å². The van der Waals surface area contributed by atoms with Crippen molar-refractivity contribution in [1.29, 1.82) is 0 Å². The Labute approximate surface area is 101 Å². The molecule has 2 aromatic rings. The van der Waals surface area contributed by atoms with Gasteiger partial charge in [0.25, 0.3) is 0 Å². The van der Waals surface area contributed by atoms with Gasteiger partial charge in [-0.05, 0) is 30.2 Å². The molecule has 2 rings (SSSR count). The van der Waals surface area contributed by atoms with E-state index in [1.807, 2.05) is 12.1 Å². The number of H-pyrrole nitrogens is 1. The van der Waals surface area contributed by atoms with Crippen molar-refractivity contribution < 1.29 is 0 Å². The predicted octanol–water partition coefficient (Wildman–Crippen LogP) is 2.93. The second kappa shape index (κ2) is 5.48. The normalized spacial score (nSPS) is 12.4. The largest absolute Gasteiger partial charge is 0.385 e. The number of aromatic nitrogens is 3. The van der Waals surface area contributed by atoms with Gasteiger partial charge in [0.05, 0.1) is 0 Å². The third-order valence-corrected chi connectivity index (χ3v) is 2.92. The van der Waals surface area contributed by atoms with Gasteiger partial charge in [0.15, 0.2) is 5.82 Å². The average Bonchev–Trinajstić information content (AvgIpc) is 2.90. The van der Waals surface area contributed by atoms with Crippen molar-refractivity contribution in [3.05, 3.63) is 30.6 Å². The lowest BCUT2D eigenvalue weighted by molar-refractivity contribution is 0.593. The molecule has 0 spiro atoms. The highest BCUT2D eigenvalue weighted by Gasteiger charge is 2.01. The fourth-order valence-corrected chi connectivity index (χ4v) is 1.53. The van der Waals surface area contributed by atoms with Gasteiger partial charge in [0, 0.05) is 17.8 Å². The molecule has 0 amide bonds. The van der Waals surface area contributed by atoms with E-state index in [1.165, 1.54) is 12.7 Å². The van der Waals surface area contributed by atoms with Crippen LogP contribution in [0.15, 0.2) is 30.6 Å². The Morgan fingerprint density at radius 3 is 2.65 bits per heavy atom. The summed E-state index contributed by atoms with van der Waals surface area (Å²) in [4.78, 5) is 4.12. The molecule has 0 aliphatic heterocycles. The monoisotopic (exact) mass is 230 g/mol. The van der Waals surface area contributed by atoms with Crippen molar-refractivity contribution in [3.63, 3.8) is 0 Å². The molecule has 2 N–H and O–H groups in total. The molecule has 0 aliphatic carbocycles. The summed E-state index contributed by atoms with van der Waals surface area (Å²) in [7, 11) is 0. The van der Waals surface area contributed by atoms with Crippen LogP contribution in [0.1, 0.15) is 20.3 Å². The Bertz CT molecular complexity index is 433. The smallest absolute Gasteiger partial charge is 0.155 e. The Balaban J connectivity index is 1.99. The van der Waals surface area contributed by atoms with Crippen LogP contribution < -0.4 is 5.32 Å². The van der Waals surface area contributed by atoms with Gasteiger partial charge in [-0.3, -0.25) is 5.10 Å². The van der Waals surface area contributed by atoms with E-state index in [0.717, 1.165) is 23.6 Å². The van der Waals surface area contributed by atoms with E-state index >= 15 is 0 Å². The second-order valence-corrected chi connectivity index (χ2v) is 4.31. The van der Waals surface area contributed by atoms with Crippen LogP contribution in [0.2, 0.25) is 0 Å². The van der Waals surface area contributed by atoms with Gasteiger partial charge in [0.1, 0.15) is 6.33 Å². The summed E-state index contributed by atoms with van der Waals surface area (Å²) in [6.07, 6.45) is 2.72. The van der Waals surface area contributed by atoms with Crippen molar-refractivity contribution in [3.8, 4) is 11.4 Å². The van der Waals surface area contributed by atoms with Gasteiger partial charge in [-0.25, -0.2) is 4.98 Å². The highest BCUT2D eigenvalue weighted by molar-refractivity contribution is 5.59. The zero-order valence-corrected chi connectivity index (χ0v) is 10.3. The number of anilines is 1. The van der Waals surface area contributed by atoms with Gasteiger partial charge >= 0.3 is 0 Å². The zero-order chi connectivity index (χ0) is 12.1. The maximum Gasteiger partial charge on any atom is 0.155 e. The molecule has 1 heterocycles. The van der Waals surface area contributed by atoms with Crippen LogP contribution >= 0.6 is 0 Å². The van der Waals surface area contributed by atoms with Crippen molar-refractivity contribution in [2.24, 2.45) is 5.92 Å². The lowest BCUT2D eigenvalue weighted by atomic mass is 10.1. The summed E-state index contributed by atoms with van der Waals surface area (Å²) in [5, 5.41) is 10.1. The van der Waals surface area contributed by atoms with E-state index in [0.29, 0.717) is 5.92 Å². The summed E-state index contributed by atoms with van der Waals surface area (Å²) in [5.74, 6) is 1.50. The molecule has 0 saturated carbocycles. The topological polar surface area (TPSA) is 53.6 Å². The first kappa shape index (κ1) is 11.6.